The Morgan fingerprint density at radius 3 is 2.57 bits per heavy atom. The van der Waals surface area contributed by atoms with E-state index in [1.165, 1.54) is 0 Å². The summed E-state index contributed by atoms with van der Waals surface area (Å²) in [6.07, 6.45) is 0.325. The molecule has 1 atom stereocenters. The van der Waals surface area contributed by atoms with Gasteiger partial charge in [0.15, 0.2) is 11.5 Å². The van der Waals surface area contributed by atoms with E-state index in [1.807, 2.05) is 37.3 Å². The summed E-state index contributed by atoms with van der Waals surface area (Å²) in [7, 11) is 0. The first-order chi connectivity index (χ1) is 11.1. The fraction of sp³-hybridized carbons (Fsp3) is 0.278. The summed E-state index contributed by atoms with van der Waals surface area (Å²) < 4.78 is 11.1. The van der Waals surface area contributed by atoms with Crippen LogP contribution in [0.15, 0.2) is 42.5 Å². The third-order valence-corrected chi connectivity index (χ3v) is 3.97. The van der Waals surface area contributed by atoms with Crippen molar-refractivity contribution in [3.05, 3.63) is 58.6 Å². The van der Waals surface area contributed by atoms with E-state index in [2.05, 4.69) is 5.32 Å². The Morgan fingerprint density at radius 2 is 1.83 bits per heavy atom. The molecular formula is C18H18ClNO3. The molecule has 23 heavy (non-hydrogen) atoms. The van der Waals surface area contributed by atoms with Gasteiger partial charge in [-0.2, -0.15) is 0 Å². The molecule has 1 amide bonds. The van der Waals surface area contributed by atoms with Crippen molar-refractivity contribution in [2.75, 3.05) is 13.2 Å². The molecule has 0 aliphatic carbocycles. The van der Waals surface area contributed by atoms with Gasteiger partial charge in [0.1, 0.15) is 13.2 Å². The zero-order chi connectivity index (χ0) is 16.2. The summed E-state index contributed by atoms with van der Waals surface area (Å²) in [6.45, 7) is 3.07. The Labute approximate surface area is 140 Å². The van der Waals surface area contributed by atoms with E-state index in [0.717, 1.165) is 22.6 Å². The van der Waals surface area contributed by atoms with Crippen molar-refractivity contribution >= 4 is 17.5 Å². The van der Waals surface area contributed by atoms with Crippen LogP contribution in [-0.2, 0) is 11.2 Å². The number of ether oxygens (including phenoxy) is 2. The molecule has 0 bridgehead atoms. The predicted molar refractivity (Wildman–Crippen MR) is 89.1 cm³/mol. The van der Waals surface area contributed by atoms with E-state index in [1.54, 1.807) is 12.1 Å². The van der Waals surface area contributed by atoms with Crippen molar-refractivity contribution in [3.63, 3.8) is 0 Å². The highest BCUT2D eigenvalue weighted by Crippen LogP contribution is 2.32. The first kappa shape index (κ1) is 15.7. The molecule has 0 unspecified atom stereocenters. The molecule has 0 radical (unpaired) electrons. The summed E-state index contributed by atoms with van der Waals surface area (Å²) in [5, 5.41) is 3.66. The molecule has 0 saturated carbocycles. The molecule has 4 nitrogen and oxygen atoms in total. The van der Waals surface area contributed by atoms with Crippen LogP contribution in [0.1, 0.15) is 24.1 Å². The van der Waals surface area contributed by atoms with Gasteiger partial charge in [-0.15, -0.1) is 0 Å². The molecule has 0 fully saturated rings. The largest absolute Gasteiger partial charge is 0.486 e. The summed E-state index contributed by atoms with van der Waals surface area (Å²) in [4.78, 5) is 12.2. The Hall–Kier alpha value is -2.20. The highest BCUT2D eigenvalue weighted by molar-refractivity contribution is 6.30. The van der Waals surface area contributed by atoms with Crippen LogP contribution in [0, 0.1) is 0 Å². The smallest absolute Gasteiger partial charge is 0.224 e. The minimum absolute atomic E-state index is 0.0327. The number of benzene rings is 2. The lowest BCUT2D eigenvalue weighted by atomic mass is 10.1. The lowest BCUT2D eigenvalue weighted by Crippen LogP contribution is -2.28. The third-order valence-electron chi connectivity index (χ3n) is 3.72. The molecule has 0 spiro atoms. The van der Waals surface area contributed by atoms with Crippen LogP contribution >= 0.6 is 11.6 Å². The summed E-state index contributed by atoms with van der Waals surface area (Å²) >= 11 is 5.85. The molecule has 2 aromatic rings. The van der Waals surface area contributed by atoms with Crippen LogP contribution in [0.25, 0.3) is 0 Å². The second-order valence-corrected chi connectivity index (χ2v) is 5.93. The topological polar surface area (TPSA) is 47.6 Å². The van der Waals surface area contributed by atoms with Crippen molar-refractivity contribution in [1.29, 1.82) is 0 Å². The van der Waals surface area contributed by atoms with Gasteiger partial charge >= 0.3 is 0 Å². The van der Waals surface area contributed by atoms with Crippen LogP contribution in [-0.4, -0.2) is 19.1 Å². The molecule has 0 saturated heterocycles. The number of fused-ring (bicyclic) bond motifs is 1. The van der Waals surface area contributed by atoms with E-state index in [0.29, 0.717) is 24.7 Å². The predicted octanol–water partition coefficient (Wildman–Crippen LogP) is 3.53. The zero-order valence-electron chi connectivity index (χ0n) is 12.8. The molecule has 1 heterocycles. The first-order valence-electron chi connectivity index (χ1n) is 7.55. The first-order valence-corrected chi connectivity index (χ1v) is 7.93. The van der Waals surface area contributed by atoms with Gasteiger partial charge in [-0.3, -0.25) is 4.79 Å². The van der Waals surface area contributed by atoms with Gasteiger partial charge in [-0.25, -0.2) is 0 Å². The standard InChI is InChI=1S/C18H18ClNO3/c1-12(14-4-7-16-17(11-14)23-9-8-22-16)20-18(21)10-13-2-5-15(19)6-3-13/h2-7,11-12H,8-10H2,1H3,(H,20,21)/t12-/m0/s1. The fourth-order valence-electron chi connectivity index (χ4n) is 2.49. The summed E-state index contributed by atoms with van der Waals surface area (Å²) in [5.41, 5.74) is 1.92. The van der Waals surface area contributed by atoms with Gasteiger partial charge in [0.2, 0.25) is 5.91 Å². The van der Waals surface area contributed by atoms with Gasteiger partial charge < -0.3 is 14.8 Å². The number of rotatable bonds is 4. The van der Waals surface area contributed by atoms with E-state index in [9.17, 15) is 4.79 Å². The van der Waals surface area contributed by atoms with Gasteiger partial charge in [0.05, 0.1) is 12.5 Å². The molecule has 5 heteroatoms. The Morgan fingerprint density at radius 1 is 1.13 bits per heavy atom. The lowest BCUT2D eigenvalue weighted by molar-refractivity contribution is -0.121. The van der Waals surface area contributed by atoms with Crippen molar-refractivity contribution in [2.45, 2.75) is 19.4 Å². The van der Waals surface area contributed by atoms with Gasteiger partial charge in [0, 0.05) is 5.02 Å². The van der Waals surface area contributed by atoms with Gasteiger partial charge in [0.25, 0.3) is 0 Å². The quantitative estimate of drug-likeness (QED) is 0.932. The maximum atomic E-state index is 12.2. The fourth-order valence-corrected chi connectivity index (χ4v) is 2.62. The highest BCUT2D eigenvalue weighted by Gasteiger charge is 2.16. The van der Waals surface area contributed by atoms with Gasteiger partial charge in [-0.1, -0.05) is 29.8 Å². The number of hydrogen-bond acceptors (Lipinski definition) is 3. The average molecular weight is 332 g/mol. The number of hydrogen-bond donors (Lipinski definition) is 1. The van der Waals surface area contributed by atoms with Gasteiger partial charge in [-0.05, 0) is 42.3 Å². The average Bonchev–Trinajstić information content (AvgIpc) is 2.56. The normalized spacial score (nSPS) is 14.2. The summed E-state index contributed by atoms with van der Waals surface area (Å²) in [5.74, 6) is 1.45. The second-order valence-electron chi connectivity index (χ2n) is 5.50. The van der Waals surface area contributed by atoms with Crippen LogP contribution in [0.3, 0.4) is 0 Å². The number of halogens is 1. The van der Waals surface area contributed by atoms with Crippen molar-refractivity contribution in [2.24, 2.45) is 0 Å². The van der Waals surface area contributed by atoms with E-state index in [4.69, 9.17) is 21.1 Å². The lowest BCUT2D eigenvalue weighted by Gasteiger charge is -2.21. The van der Waals surface area contributed by atoms with E-state index in [-0.39, 0.29) is 11.9 Å². The molecule has 3 rings (SSSR count). The van der Waals surface area contributed by atoms with Crippen LogP contribution in [0.2, 0.25) is 5.02 Å². The van der Waals surface area contributed by atoms with Crippen LogP contribution < -0.4 is 14.8 Å². The molecule has 120 valence electrons. The van der Waals surface area contributed by atoms with Crippen LogP contribution in [0.5, 0.6) is 11.5 Å². The number of carbonyl (C=O) groups excluding carboxylic acids is 1. The minimum Gasteiger partial charge on any atom is -0.486 e. The molecule has 1 N–H and O–H groups in total. The monoisotopic (exact) mass is 331 g/mol. The Kier molecular flexibility index (Phi) is 4.72. The van der Waals surface area contributed by atoms with E-state index < -0.39 is 0 Å². The van der Waals surface area contributed by atoms with Crippen molar-refractivity contribution < 1.29 is 14.3 Å². The molecule has 1 aliphatic heterocycles. The number of nitrogens with one attached hydrogen (secondary N) is 1. The molecule has 1 aliphatic rings. The Balaban J connectivity index is 1.63. The third kappa shape index (κ3) is 3.96. The number of carbonyl (C=O) groups is 1. The van der Waals surface area contributed by atoms with E-state index >= 15 is 0 Å². The van der Waals surface area contributed by atoms with Crippen molar-refractivity contribution in [1.82, 2.24) is 5.32 Å². The maximum absolute atomic E-state index is 12.2. The molecule has 0 aromatic heterocycles. The summed E-state index contributed by atoms with van der Waals surface area (Å²) in [6, 6.07) is 12.9. The molecule has 2 aromatic carbocycles. The van der Waals surface area contributed by atoms with Crippen LogP contribution in [0.4, 0.5) is 0 Å². The minimum atomic E-state index is -0.106. The number of amides is 1. The highest BCUT2D eigenvalue weighted by atomic mass is 35.5. The SMILES string of the molecule is C[C@H](NC(=O)Cc1ccc(Cl)cc1)c1ccc2c(c1)OCCO2. The van der Waals surface area contributed by atoms with Crippen molar-refractivity contribution in [3.8, 4) is 11.5 Å². The maximum Gasteiger partial charge on any atom is 0.224 e. The second kappa shape index (κ2) is 6.92. The zero-order valence-corrected chi connectivity index (χ0v) is 13.6. The molecular weight excluding hydrogens is 314 g/mol. The Bertz CT molecular complexity index is 700.